The van der Waals surface area contributed by atoms with Gasteiger partial charge in [0.25, 0.3) is 5.91 Å². The summed E-state index contributed by atoms with van der Waals surface area (Å²) in [6, 6.07) is 8.64. The molecule has 3 heterocycles. The molecule has 9 heteroatoms. The number of carbonyl (C=O) groups is 2. The first kappa shape index (κ1) is 23.7. The summed E-state index contributed by atoms with van der Waals surface area (Å²) in [6.45, 7) is 4.27. The molecule has 2 aliphatic rings. The van der Waals surface area contributed by atoms with Crippen molar-refractivity contribution in [3.05, 3.63) is 68.4 Å². The van der Waals surface area contributed by atoms with Crippen LogP contribution in [0.1, 0.15) is 61.7 Å². The third-order valence-corrected chi connectivity index (χ3v) is 7.79. The number of fused-ring (bicyclic) bond motifs is 2. The highest BCUT2D eigenvalue weighted by molar-refractivity contribution is 7.09. The van der Waals surface area contributed by atoms with E-state index in [2.05, 4.69) is 33.6 Å². The van der Waals surface area contributed by atoms with Crippen LogP contribution in [0.4, 0.5) is 0 Å². The first-order chi connectivity index (χ1) is 17.0. The summed E-state index contributed by atoms with van der Waals surface area (Å²) in [7, 11) is 1.94. The van der Waals surface area contributed by atoms with Gasteiger partial charge in [0.2, 0.25) is 0 Å². The molecule has 1 aliphatic carbocycles. The molecule has 2 aromatic heterocycles. The van der Waals surface area contributed by atoms with Crippen LogP contribution in [0.3, 0.4) is 0 Å². The highest BCUT2D eigenvalue weighted by Crippen LogP contribution is 2.27. The molecule has 0 saturated carbocycles. The van der Waals surface area contributed by atoms with E-state index in [4.69, 9.17) is 4.74 Å². The van der Waals surface area contributed by atoms with Gasteiger partial charge in [0.15, 0.2) is 11.4 Å². The van der Waals surface area contributed by atoms with Gasteiger partial charge in [-0.1, -0.05) is 24.3 Å². The summed E-state index contributed by atoms with van der Waals surface area (Å²) < 4.78 is 6.91. The van der Waals surface area contributed by atoms with Gasteiger partial charge in [0.1, 0.15) is 0 Å². The van der Waals surface area contributed by atoms with Crippen LogP contribution in [0.2, 0.25) is 0 Å². The van der Waals surface area contributed by atoms with Crippen LogP contribution < -0.4 is 5.32 Å². The molecule has 184 valence electrons. The van der Waals surface area contributed by atoms with Crippen molar-refractivity contribution >= 4 is 23.2 Å². The molecule has 1 atom stereocenters. The van der Waals surface area contributed by atoms with Gasteiger partial charge in [-0.15, -0.1) is 11.3 Å². The van der Waals surface area contributed by atoms with E-state index in [-0.39, 0.29) is 17.9 Å². The van der Waals surface area contributed by atoms with Crippen LogP contribution in [-0.4, -0.2) is 57.3 Å². The Bertz CT molecular complexity index is 1230. The Morgan fingerprint density at radius 3 is 2.89 bits per heavy atom. The third kappa shape index (κ3) is 5.01. The number of carbonyl (C=O) groups excluding carboxylic acids is 2. The standard InChI is InChI=1S/C26H31N5O3S/c1-3-34-26(33)21-16-35-23(28-21)10-12-27-19-8-9-22-20(14-19)24(29-30(22)2)25(32)31-13-11-17-6-4-5-7-18(17)15-31/h4-7,16,19,27H,3,8-15H2,1-2H3. The molecule has 0 bridgehead atoms. The van der Waals surface area contributed by atoms with E-state index in [0.717, 1.165) is 55.8 Å². The smallest absolute Gasteiger partial charge is 0.357 e. The minimum atomic E-state index is -0.367. The van der Waals surface area contributed by atoms with Gasteiger partial charge in [0, 0.05) is 55.8 Å². The molecule has 0 saturated heterocycles. The van der Waals surface area contributed by atoms with E-state index in [1.807, 2.05) is 22.7 Å². The van der Waals surface area contributed by atoms with Gasteiger partial charge in [0.05, 0.1) is 11.6 Å². The number of benzene rings is 1. The number of hydrogen-bond donors (Lipinski definition) is 1. The fourth-order valence-corrected chi connectivity index (χ4v) is 5.83. The minimum Gasteiger partial charge on any atom is -0.461 e. The van der Waals surface area contributed by atoms with Crippen molar-refractivity contribution < 1.29 is 14.3 Å². The molecule has 8 nitrogen and oxygen atoms in total. The first-order valence-electron chi connectivity index (χ1n) is 12.3. The van der Waals surface area contributed by atoms with Gasteiger partial charge in [-0.25, -0.2) is 9.78 Å². The molecule has 1 unspecified atom stereocenters. The predicted octanol–water partition coefficient (Wildman–Crippen LogP) is 2.94. The summed E-state index contributed by atoms with van der Waals surface area (Å²) in [5.41, 5.74) is 5.80. The van der Waals surface area contributed by atoms with Crippen molar-refractivity contribution in [3.8, 4) is 0 Å². The minimum absolute atomic E-state index is 0.0336. The average Bonchev–Trinajstić information content (AvgIpc) is 3.48. The second-order valence-electron chi connectivity index (χ2n) is 9.13. The van der Waals surface area contributed by atoms with E-state index in [1.165, 1.54) is 28.2 Å². The van der Waals surface area contributed by atoms with E-state index in [0.29, 0.717) is 24.5 Å². The van der Waals surface area contributed by atoms with Gasteiger partial charge >= 0.3 is 5.97 Å². The van der Waals surface area contributed by atoms with E-state index < -0.39 is 0 Å². The second kappa shape index (κ2) is 10.3. The van der Waals surface area contributed by atoms with E-state index in [9.17, 15) is 9.59 Å². The Morgan fingerprint density at radius 1 is 1.23 bits per heavy atom. The number of esters is 1. The van der Waals surface area contributed by atoms with Crippen molar-refractivity contribution in [3.63, 3.8) is 0 Å². The zero-order valence-corrected chi connectivity index (χ0v) is 21.1. The van der Waals surface area contributed by atoms with Crippen LogP contribution in [0.5, 0.6) is 0 Å². The molecule has 3 aromatic rings. The van der Waals surface area contributed by atoms with Crippen molar-refractivity contribution in [1.29, 1.82) is 0 Å². The fourth-order valence-electron chi connectivity index (χ4n) is 5.06. The van der Waals surface area contributed by atoms with Crippen molar-refractivity contribution in [2.75, 3.05) is 19.7 Å². The molecular weight excluding hydrogens is 462 g/mol. The lowest BCUT2D eigenvalue weighted by Gasteiger charge is -2.29. The quantitative estimate of drug-likeness (QED) is 0.509. The van der Waals surface area contributed by atoms with Crippen LogP contribution in [0, 0.1) is 0 Å². The molecule has 5 rings (SSSR count). The third-order valence-electron chi connectivity index (χ3n) is 6.88. The van der Waals surface area contributed by atoms with Gasteiger partial charge < -0.3 is 15.0 Å². The summed E-state index contributed by atoms with van der Waals surface area (Å²) in [5, 5.41) is 11.0. The van der Waals surface area contributed by atoms with Crippen LogP contribution >= 0.6 is 11.3 Å². The number of thiazole rings is 1. The van der Waals surface area contributed by atoms with Crippen LogP contribution in [0.15, 0.2) is 29.6 Å². The zero-order chi connectivity index (χ0) is 24.4. The molecule has 0 spiro atoms. The Morgan fingerprint density at radius 2 is 2.06 bits per heavy atom. The Kier molecular flexibility index (Phi) is 6.97. The Labute approximate surface area is 209 Å². The number of nitrogens with one attached hydrogen (secondary N) is 1. The summed E-state index contributed by atoms with van der Waals surface area (Å²) >= 11 is 1.48. The number of rotatable bonds is 7. The Balaban J connectivity index is 1.21. The lowest BCUT2D eigenvalue weighted by atomic mass is 9.90. The number of aromatic nitrogens is 3. The molecular formula is C26H31N5O3S. The van der Waals surface area contributed by atoms with Crippen LogP contribution in [0.25, 0.3) is 0 Å². The number of hydrogen-bond acceptors (Lipinski definition) is 7. The zero-order valence-electron chi connectivity index (χ0n) is 20.2. The van der Waals surface area contributed by atoms with Crippen LogP contribution in [-0.2, 0) is 44.0 Å². The fraction of sp³-hybridized carbons (Fsp3) is 0.462. The van der Waals surface area contributed by atoms with Gasteiger partial charge in [-0.3, -0.25) is 9.48 Å². The van der Waals surface area contributed by atoms with Crippen molar-refractivity contribution in [2.45, 2.75) is 51.6 Å². The predicted molar refractivity (Wildman–Crippen MR) is 134 cm³/mol. The highest BCUT2D eigenvalue weighted by atomic mass is 32.1. The SMILES string of the molecule is CCOC(=O)c1csc(CCNC2CCc3c(c(C(=O)N4CCc5ccccc5C4)nn3C)C2)n1. The van der Waals surface area contributed by atoms with Gasteiger partial charge in [-0.05, 0) is 43.7 Å². The molecule has 1 N–H and O–H groups in total. The topological polar surface area (TPSA) is 89.4 Å². The second-order valence-corrected chi connectivity index (χ2v) is 10.1. The van der Waals surface area contributed by atoms with E-state index >= 15 is 0 Å². The average molecular weight is 494 g/mol. The maximum absolute atomic E-state index is 13.5. The normalized spacial score (nSPS) is 17.1. The lowest BCUT2D eigenvalue weighted by Crippen LogP contribution is -2.38. The maximum Gasteiger partial charge on any atom is 0.357 e. The molecule has 1 aromatic carbocycles. The first-order valence-corrected chi connectivity index (χ1v) is 13.2. The lowest BCUT2D eigenvalue weighted by molar-refractivity contribution is 0.0520. The van der Waals surface area contributed by atoms with Crippen molar-refractivity contribution in [1.82, 2.24) is 25.0 Å². The molecule has 0 fully saturated rings. The van der Waals surface area contributed by atoms with E-state index in [1.54, 1.807) is 12.3 Å². The monoisotopic (exact) mass is 493 g/mol. The largest absolute Gasteiger partial charge is 0.461 e. The summed E-state index contributed by atoms with van der Waals surface area (Å²) in [4.78, 5) is 31.6. The van der Waals surface area contributed by atoms with Gasteiger partial charge in [-0.2, -0.15) is 5.10 Å². The number of nitrogens with zero attached hydrogens (tertiary/aromatic N) is 4. The highest BCUT2D eigenvalue weighted by Gasteiger charge is 2.31. The molecule has 1 amide bonds. The summed E-state index contributed by atoms with van der Waals surface area (Å²) in [5.74, 6) is -0.333. The molecule has 0 radical (unpaired) electrons. The summed E-state index contributed by atoms with van der Waals surface area (Å²) in [6.07, 6.45) is 4.33. The maximum atomic E-state index is 13.5. The molecule has 35 heavy (non-hydrogen) atoms. The number of ether oxygens (including phenoxy) is 1. The number of amides is 1. The van der Waals surface area contributed by atoms with Crippen molar-refractivity contribution in [2.24, 2.45) is 7.05 Å². The molecule has 1 aliphatic heterocycles. The number of aryl methyl sites for hydroxylation is 1. The Hall–Kier alpha value is -3.04.